The van der Waals surface area contributed by atoms with Crippen LogP contribution in [0.4, 0.5) is 4.39 Å². The van der Waals surface area contributed by atoms with Crippen LogP contribution >= 0.6 is 11.6 Å². The lowest BCUT2D eigenvalue weighted by Crippen LogP contribution is -2.40. The topological polar surface area (TPSA) is 58.6 Å². The van der Waals surface area contributed by atoms with Gasteiger partial charge in [0.25, 0.3) is 0 Å². The van der Waals surface area contributed by atoms with Crippen molar-refractivity contribution in [2.24, 2.45) is 5.92 Å². The molecule has 0 saturated carbocycles. The van der Waals surface area contributed by atoms with Crippen LogP contribution < -0.4 is 10.1 Å². The molecule has 0 radical (unpaired) electrons. The van der Waals surface area contributed by atoms with Gasteiger partial charge in [-0.05, 0) is 35.7 Å². The second kappa shape index (κ2) is 8.83. The van der Waals surface area contributed by atoms with Gasteiger partial charge >= 0.3 is 5.97 Å². The Morgan fingerprint density at radius 1 is 1.28 bits per heavy atom. The molecule has 0 spiro atoms. The third-order valence-electron chi connectivity index (χ3n) is 3.80. The van der Waals surface area contributed by atoms with Crippen molar-refractivity contribution >= 4 is 17.6 Å². The summed E-state index contributed by atoms with van der Waals surface area (Å²) in [7, 11) is 0. The average Bonchev–Trinajstić information content (AvgIpc) is 2.54. The van der Waals surface area contributed by atoms with E-state index in [2.05, 4.69) is 5.32 Å². The number of carbonyl (C=O) groups is 1. The summed E-state index contributed by atoms with van der Waals surface area (Å²) in [5.74, 6) is -0.752. The van der Waals surface area contributed by atoms with E-state index >= 15 is 0 Å². The van der Waals surface area contributed by atoms with Crippen molar-refractivity contribution in [3.8, 4) is 5.75 Å². The van der Waals surface area contributed by atoms with Crippen molar-refractivity contribution in [1.82, 2.24) is 5.32 Å². The fourth-order valence-electron chi connectivity index (χ4n) is 2.41. The number of carboxylic acid groups (broad SMARTS) is 1. The van der Waals surface area contributed by atoms with Gasteiger partial charge in [0, 0.05) is 12.1 Å². The normalized spacial score (nSPS) is 12.2. The van der Waals surface area contributed by atoms with Gasteiger partial charge in [0.2, 0.25) is 0 Å². The van der Waals surface area contributed by atoms with Crippen molar-refractivity contribution in [2.75, 3.05) is 0 Å². The molecule has 0 aliphatic carbocycles. The van der Waals surface area contributed by atoms with E-state index in [0.717, 1.165) is 5.56 Å². The number of aliphatic carboxylic acids is 1. The molecular weight excluding hydrogens is 345 g/mol. The molecule has 0 heterocycles. The molecule has 1 unspecified atom stereocenters. The molecule has 2 N–H and O–H groups in total. The van der Waals surface area contributed by atoms with Gasteiger partial charge in [0.15, 0.2) is 0 Å². The van der Waals surface area contributed by atoms with Crippen molar-refractivity contribution in [3.63, 3.8) is 0 Å². The average molecular weight is 366 g/mol. The van der Waals surface area contributed by atoms with Gasteiger partial charge in [-0.3, -0.25) is 4.79 Å². The first kappa shape index (κ1) is 19.2. The zero-order chi connectivity index (χ0) is 18.4. The van der Waals surface area contributed by atoms with Crippen molar-refractivity contribution < 1.29 is 19.0 Å². The number of carboxylic acids is 1. The van der Waals surface area contributed by atoms with Crippen LogP contribution in [0.3, 0.4) is 0 Å². The highest BCUT2D eigenvalue weighted by Crippen LogP contribution is 2.22. The summed E-state index contributed by atoms with van der Waals surface area (Å²) in [6.07, 6.45) is 0. The van der Waals surface area contributed by atoms with E-state index in [9.17, 15) is 14.3 Å². The molecule has 4 nitrogen and oxygen atoms in total. The minimum atomic E-state index is -0.878. The molecule has 0 aliphatic heterocycles. The van der Waals surface area contributed by atoms with Crippen LogP contribution in [-0.4, -0.2) is 17.1 Å². The van der Waals surface area contributed by atoms with Crippen molar-refractivity contribution in [2.45, 2.75) is 33.0 Å². The number of halogens is 2. The van der Waals surface area contributed by atoms with Gasteiger partial charge in [-0.1, -0.05) is 43.6 Å². The molecule has 134 valence electrons. The maximum Gasteiger partial charge on any atom is 0.320 e. The fraction of sp³-hybridized carbons (Fsp3) is 0.316. The van der Waals surface area contributed by atoms with E-state index in [1.807, 2.05) is 19.9 Å². The molecule has 25 heavy (non-hydrogen) atoms. The standard InChI is InChI=1S/C19H21ClFNO3/c1-12(2)18(19(23)24)22-10-13-5-3-6-14(9-13)25-11-15-16(20)7-4-8-17(15)21/h3-9,12,18,22H,10-11H2,1-2H3,(H,23,24). The zero-order valence-corrected chi connectivity index (χ0v) is 14.9. The molecule has 0 amide bonds. The van der Waals surface area contributed by atoms with Crippen molar-refractivity contribution in [1.29, 1.82) is 0 Å². The first-order chi connectivity index (χ1) is 11.9. The van der Waals surface area contributed by atoms with Gasteiger partial charge in [-0.2, -0.15) is 0 Å². The number of rotatable bonds is 8. The van der Waals surface area contributed by atoms with E-state index in [0.29, 0.717) is 22.9 Å². The van der Waals surface area contributed by atoms with Gasteiger partial charge in [-0.15, -0.1) is 0 Å². The number of hydrogen-bond donors (Lipinski definition) is 2. The summed E-state index contributed by atoms with van der Waals surface area (Å²) in [6.45, 7) is 4.12. The van der Waals surface area contributed by atoms with Crippen LogP contribution in [0.25, 0.3) is 0 Å². The van der Waals surface area contributed by atoms with E-state index in [1.165, 1.54) is 6.07 Å². The van der Waals surface area contributed by atoms with Crippen LogP contribution in [0.2, 0.25) is 5.02 Å². The smallest absolute Gasteiger partial charge is 0.320 e. The number of ether oxygens (including phenoxy) is 1. The second-order valence-electron chi connectivity index (χ2n) is 6.08. The lowest BCUT2D eigenvalue weighted by Gasteiger charge is -2.18. The van der Waals surface area contributed by atoms with Crippen LogP contribution in [0.1, 0.15) is 25.0 Å². The Bertz CT molecular complexity index is 716. The van der Waals surface area contributed by atoms with E-state index in [-0.39, 0.29) is 12.5 Å². The Morgan fingerprint density at radius 2 is 2.00 bits per heavy atom. The second-order valence-corrected chi connectivity index (χ2v) is 6.48. The molecule has 0 bridgehead atoms. The molecule has 1 atom stereocenters. The van der Waals surface area contributed by atoms with Crippen LogP contribution in [0, 0.1) is 11.7 Å². The predicted octanol–water partition coefficient (Wildman–Crippen LogP) is 4.26. The van der Waals surface area contributed by atoms with Crippen molar-refractivity contribution in [3.05, 3.63) is 64.4 Å². The molecule has 0 fully saturated rings. The van der Waals surface area contributed by atoms with Gasteiger partial charge in [-0.25, -0.2) is 4.39 Å². The molecule has 2 aromatic carbocycles. The van der Waals surface area contributed by atoms with Crippen LogP contribution in [0.5, 0.6) is 5.75 Å². The largest absolute Gasteiger partial charge is 0.489 e. The molecular formula is C19H21ClFNO3. The summed E-state index contributed by atoms with van der Waals surface area (Å²) in [4.78, 5) is 11.2. The van der Waals surface area contributed by atoms with E-state index in [4.69, 9.17) is 16.3 Å². The summed E-state index contributed by atoms with van der Waals surface area (Å²) < 4.78 is 19.4. The van der Waals surface area contributed by atoms with Crippen LogP contribution in [-0.2, 0) is 17.9 Å². The highest BCUT2D eigenvalue weighted by Gasteiger charge is 2.20. The Balaban J connectivity index is 2.00. The zero-order valence-electron chi connectivity index (χ0n) is 14.1. The van der Waals surface area contributed by atoms with Gasteiger partial charge in [0.05, 0.1) is 5.02 Å². The minimum Gasteiger partial charge on any atom is -0.489 e. The highest BCUT2D eigenvalue weighted by molar-refractivity contribution is 6.31. The molecule has 6 heteroatoms. The summed E-state index contributed by atoms with van der Waals surface area (Å²) >= 11 is 5.99. The lowest BCUT2D eigenvalue weighted by atomic mass is 10.0. The minimum absolute atomic E-state index is 0.0200. The lowest BCUT2D eigenvalue weighted by molar-refractivity contribution is -0.140. The summed E-state index contributed by atoms with van der Waals surface area (Å²) in [5.41, 5.74) is 1.18. The van der Waals surface area contributed by atoms with Gasteiger partial charge in [0.1, 0.15) is 24.2 Å². The SMILES string of the molecule is CC(C)C(NCc1cccc(OCc2c(F)cccc2Cl)c1)C(=O)O. The third-order valence-corrected chi connectivity index (χ3v) is 4.16. The highest BCUT2D eigenvalue weighted by atomic mass is 35.5. The van der Waals surface area contributed by atoms with E-state index in [1.54, 1.807) is 30.3 Å². The predicted molar refractivity (Wildman–Crippen MR) is 95.3 cm³/mol. The van der Waals surface area contributed by atoms with E-state index < -0.39 is 17.8 Å². The Hall–Kier alpha value is -2.11. The maximum absolute atomic E-state index is 13.8. The number of nitrogens with one attached hydrogen (secondary N) is 1. The monoisotopic (exact) mass is 365 g/mol. The Kier molecular flexibility index (Phi) is 6.79. The third kappa shape index (κ3) is 5.44. The fourth-order valence-corrected chi connectivity index (χ4v) is 2.62. The molecule has 2 rings (SSSR count). The quantitative estimate of drug-likeness (QED) is 0.734. The van der Waals surface area contributed by atoms with Crippen LogP contribution in [0.15, 0.2) is 42.5 Å². The Labute approximate surface area is 151 Å². The first-order valence-electron chi connectivity index (χ1n) is 7.99. The van der Waals surface area contributed by atoms with Gasteiger partial charge < -0.3 is 15.2 Å². The maximum atomic E-state index is 13.8. The summed E-state index contributed by atoms with van der Waals surface area (Å²) in [6, 6.07) is 11.1. The number of hydrogen-bond acceptors (Lipinski definition) is 3. The first-order valence-corrected chi connectivity index (χ1v) is 8.37. The Morgan fingerprint density at radius 3 is 2.64 bits per heavy atom. The molecule has 0 aromatic heterocycles. The molecule has 0 aliphatic rings. The summed E-state index contributed by atoms with van der Waals surface area (Å²) in [5, 5.41) is 12.5. The molecule has 2 aromatic rings. The molecule has 0 saturated heterocycles. The number of benzene rings is 2.